The first-order chi connectivity index (χ1) is 14.4. The van der Waals surface area contributed by atoms with E-state index in [4.69, 9.17) is 16.3 Å². The molecule has 0 unspecified atom stereocenters. The molecule has 3 aromatic rings. The van der Waals surface area contributed by atoms with Crippen LogP contribution in [0.3, 0.4) is 0 Å². The van der Waals surface area contributed by atoms with E-state index in [1.54, 1.807) is 12.1 Å². The van der Waals surface area contributed by atoms with Crippen molar-refractivity contribution in [2.75, 3.05) is 18.5 Å². The van der Waals surface area contributed by atoms with Gasteiger partial charge in [-0.15, -0.1) is 0 Å². The number of pyridine rings is 2. The monoisotopic (exact) mass is 427 g/mol. The molecule has 0 aliphatic carbocycles. The SMILES string of the molecule is C1CCOCC1.Cc1cc(CNc2ccc(Cl)nc2C(=O)O)c2ccc(C)nc2c1. The number of benzene rings is 1. The Morgan fingerprint density at radius 2 is 1.87 bits per heavy atom. The van der Waals surface area contributed by atoms with Gasteiger partial charge in [0.15, 0.2) is 5.69 Å². The molecule has 4 rings (SSSR count). The van der Waals surface area contributed by atoms with Crippen LogP contribution in [-0.2, 0) is 11.3 Å². The molecule has 0 spiro atoms. The first-order valence-corrected chi connectivity index (χ1v) is 10.4. The summed E-state index contributed by atoms with van der Waals surface area (Å²) < 4.78 is 5.07. The lowest BCUT2D eigenvalue weighted by molar-refractivity contribution is 0.0691. The molecular weight excluding hydrogens is 402 g/mol. The first kappa shape index (κ1) is 22.0. The molecule has 0 radical (unpaired) electrons. The largest absolute Gasteiger partial charge is 0.476 e. The second-order valence-corrected chi connectivity index (χ2v) is 7.69. The van der Waals surface area contributed by atoms with Crippen LogP contribution >= 0.6 is 11.6 Å². The van der Waals surface area contributed by atoms with E-state index in [0.717, 1.165) is 40.9 Å². The Bertz CT molecular complexity index is 1020. The van der Waals surface area contributed by atoms with Gasteiger partial charge in [0.05, 0.1) is 11.2 Å². The number of aryl methyl sites for hydroxylation is 2. The first-order valence-electron chi connectivity index (χ1n) is 10.0. The Kier molecular flexibility index (Phi) is 7.60. The lowest BCUT2D eigenvalue weighted by Crippen LogP contribution is -2.09. The van der Waals surface area contributed by atoms with Crippen molar-refractivity contribution in [2.45, 2.75) is 39.7 Å². The van der Waals surface area contributed by atoms with Gasteiger partial charge in [0.2, 0.25) is 0 Å². The molecule has 6 nitrogen and oxygen atoms in total. The Morgan fingerprint density at radius 3 is 2.50 bits per heavy atom. The average molecular weight is 428 g/mol. The van der Waals surface area contributed by atoms with Gasteiger partial charge in [-0.2, -0.15) is 0 Å². The van der Waals surface area contributed by atoms with Crippen molar-refractivity contribution >= 4 is 34.2 Å². The number of aromatic nitrogens is 2. The third kappa shape index (κ3) is 5.90. The summed E-state index contributed by atoms with van der Waals surface area (Å²) in [6.45, 7) is 6.43. The number of hydrogen-bond acceptors (Lipinski definition) is 5. The maximum atomic E-state index is 11.3. The Balaban J connectivity index is 0.000000367. The van der Waals surface area contributed by atoms with Gasteiger partial charge in [0, 0.05) is 30.8 Å². The van der Waals surface area contributed by atoms with Gasteiger partial charge in [-0.25, -0.2) is 9.78 Å². The highest BCUT2D eigenvalue weighted by Crippen LogP contribution is 2.23. The topological polar surface area (TPSA) is 84.3 Å². The fourth-order valence-corrected chi connectivity index (χ4v) is 3.48. The standard InChI is InChI=1S/C18H16ClN3O2.C5H10O/c1-10-7-12(13-4-3-11(2)21-15(13)8-10)9-20-14-5-6-16(19)22-17(14)18(23)24;1-2-4-6-5-3-1/h3-8,20H,9H2,1-2H3,(H,23,24);1-5H2. The third-order valence-corrected chi connectivity index (χ3v) is 5.00. The zero-order valence-electron chi connectivity index (χ0n) is 17.2. The summed E-state index contributed by atoms with van der Waals surface area (Å²) in [5, 5.41) is 13.6. The average Bonchev–Trinajstić information content (AvgIpc) is 2.73. The molecular formula is C23H26ClN3O3. The van der Waals surface area contributed by atoms with E-state index in [9.17, 15) is 9.90 Å². The Labute approximate surface area is 181 Å². The number of carbonyl (C=O) groups is 1. The van der Waals surface area contributed by atoms with Crippen molar-refractivity contribution in [3.63, 3.8) is 0 Å². The van der Waals surface area contributed by atoms with Crippen LogP contribution < -0.4 is 5.32 Å². The highest BCUT2D eigenvalue weighted by molar-refractivity contribution is 6.29. The van der Waals surface area contributed by atoms with Gasteiger partial charge in [0.25, 0.3) is 0 Å². The zero-order valence-corrected chi connectivity index (χ0v) is 18.0. The lowest BCUT2D eigenvalue weighted by Gasteiger charge is -2.12. The van der Waals surface area contributed by atoms with Crippen LogP contribution in [0.2, 0.25) is 5.15 Å². The van der Waals surface area contributed by atoms with E-state index in [-0.39, 0.29) is 10.8 Å². The maximum Gasteiger partial charge on any atom is 0.356 e. The third-order valence-electron chi connectivity index (χ3n) is 4.79. The van der Waals surface area contributed by atoms with Crippen molar-refractivity contribution in [1.29, 1.82) is 0 Å². The highest BCUT2D eigenvalue weighted by Gasteiger charge is 2.13. The second kappa shape index (κ2) is 10.4. The zero-order chi connectivity index (χ0) is 21.5. The van der Waals surface area contributed by atoms with E-state index >= 15 is 0 Å². The molecule has 1 saturated heterocycles. The van der Waals surface area contributed by atoms with Gasteiger partial charge >= 0.3 is 5.97 Å². The molecule has 2 aromatic heterocycles. The number of anilines is 1. The summed E-state index contributed by atoms with van der Waals surface area (Å²) in [4.78, 5) is 19.7. The predicted molar refractivity (Wildman–Crippen MR) is 119 cm³/mol. The van der Waals surface area contributed by atoms with Gasteiger partial charge < -0.3 is 15.2 Å². The normalized spacial score (nSPS) is 13.4. The molecule has 1 aliphatic rings. The summed E-state index contributed by atoms with van der Waals surface area (Å²) in [5.74, 6) is -1.12. The number of halogens is 1. The molecule has 1 fully saturated rings. The van der Waals surface area contributed by atoms with Crippen LogP contribution in [0.4, 0.5) is 5.69 Å². The predicted octanol–water partition coefficient (Wildman–Crippen LogP) is 5.40. The van der Waals surface area contributed by atoms with E-state index in [0.29, 0.717) is 12.2 Å². The number of rotatable bonds is 4. The Morgan fingerprint density at radius 1 is 1.10 bits per heavy atom. The van der Waals surface area contributed by atoms with E-state index in [1.165, 1.54) is 19.3 Å². The van der Waals surface area contributed by atoms with Crippen molar-refractivity contribution in [3.8, 4) is 0 Å². The molecule has 0 atom stereocenters. The number of ether oxygens (including phenoxy) is 1. The van der Waals surface area contributed by atoms with Gasteiger partial charge in [0.1, 0.15) is 5.15 Å². The number of nitrogens with zero attached hydrogens (tertiary/aromatic N) is 2. The van der Waals surface area contributed by atoms with E-state index in [1.807, 2.05) is 32.0 Å². The number of nitrogens with one attached hydrogen (secondary N) is 1. The minimum absolute atomic E-state index is 0.0894. The molecule has 158 valence electrons. The Hall–Kier alpha value is -2.70. The van der Waals surface area contributed by atoms with Crippen molar-refractivity contribution in [1.82, 2.24) is 9.97 Å². The summed E-state index contributed by atoms with van der Waals surface area (Å²) in [6, 6.07) is 11.3. The van der Waals surface area contributed by atoms with Crippen LogP contribution in [0.25, 0.3) is 10.9 Å². The van der Waals surface area contributed by atoms with Crippen molar-refractivity contribution in [2.24, 2.45) is 0 Å². The van der Waals surface area contributed by atoms with Crippen molar-refractivity contribution < 1.29 is 14.6 Å². The van der Waals surface area contributed by atoms with Crippen LogP contribution in [0.15, 0.2) is 36.4 Å². The molecule has 1 aromatic carbocycles. The van der Waals surface area contributed by atoms with Crippen LogP contribution in [0.5, 0.6) is 0 Å². The van der Waals surface area contributed by atoms with Gasteiger partial charge in [-0.3, -0.25) is 4.98 Å². The van der Waals surface area contributed by atoms with Gasteiger partial charge in [-0.1, -0.05) is 23.7 Å². The fraction of sp³-hybridized carbons (Fsp3) is 0.348. The molecule has 0 bridgehead atoms. The molecule has 3 heterocycles. The molecule has 30 heavy (non-hydrogen) atoms. The van der Waals surface area contributed by atoms with Crippen molar-refractivity contribution in [3.05, 3.63) is 64.1 Å². The van der Waals surface area contributed by atoms with E-state index in [2.05, 4.69) is 21.4 Å². The van der Waals surface area contributed by atoms with E-state index < -0.39 is 5.97 Å². The smallest absolute Gasteiger partial charge is 0.356 e. The number of aromatic carboxylic acids is 1. The number of carboxylic acids is 1. The molecule has 0 amide bonds. The fourth-order valence-electron chi connectivity index (χ4n) is 3.33. The number of hydrogen-bond donors (Lipinski definition) is 2. The van der Waals surface area contributed by atoms with Gasteiger partial charge in [-0.05, 0) is 68.5 Å². The summed E-state index contributed by atoms with van der Waals surface area (Å²) in [6.07, 6.45) is 3.93. The maximum absolute atomic E-state index is 11.3. The second-order valence-electron chi connectivity index (χ2n) is 7.31. The minimum Gasteiger partial charge on any atom is -0.476 e. The minimum atomic E-state index is -1.12. The molecule has 1 aliphatic heterocycles. The quantitative estimate of drug-likeness (QED) is 0.542. The molecule has 0 saturated carbocycles. The van der Waals surface area contributed by atoms with Crippen LogP contribution in [-0.4, -0.2) is 34.3 Å². The molecule has 2 N–H and O–H groups in total. The number of fused-ring (bicyclic) bond motifs is 1. The van der Waals surface area contributed by atoms with Crippen LogP contribution in [0.1, 0.15) is 46.6 Å². The number of carboxylic acid groups (broad SMARTS) is 1. The molecule has 7 heteroatoms. The highest BCUT2D eigenvalue weighted by atomic mass is 35.5. The summed E-state index contributed by atoms with van der Waals surface area (Å²) in [5.41, 5.74) is 4.38. The lowest BCUT2D eigenvalue weighted by atomic mass is 10.0. The summed E-state index contributed by atoms with van der Waals surface area (Å²) in [7, 11) is 0. The summed E-state index contributed by atoms with van der Waals surface area (Å²) >= 11 is 5.78. The van der Waals surface area contributed by atoms with Crippen LogP contribution in [0, 0.1) is 13.8 Å².